The highest BCUT2D eigenvalue weighted by molar-refractivity contribution is 9.10. The third-order valence-corrected chi connectivity index (χ3v) is 3.32. The van der Waals surface area contributed by atoms with Crippen molar-refractivity contribution in [1.29, 1.82) is 0 Å². The van der Waals surface area contributed by atoms with Crippen LogP contribution in [0.1, 0.15) is 21.6 Å². The summed E-state index contributed by atoms with van der Waals surface area (Å²) >= 11 is 3.30. The lowest BCUT2D eigenvalue weighted by Gasteiger charge is -2.06. The molecule has 6 heteroatoms. The molecule has 1 aromatic heterocycles. The van der Waals surface area contributed by atoms with Crippen molar-refractivity contribution in [1.82, 2.24) is 15.5 Å². The Bertz CT molecular complexity index is 579. The van der Waals surface area contributed by atoms with Crippen molar-refractivity contribution in [2.24, 2.45) is 0 Å². The van der Waals surface area contributed by atoms with Gasteiger partial charge in [-0.25, -0.2) is 0 Å². The first-order valence-electron chi connectivity index (χ1n) is 5.40. The smallest absolute Gasteiger partial charge is 0.251 e. The van der Waals surface area contributed by atoms with Crippen LogP contribution in [0.15, 0.2) is 28.9 Å². The third kappa shape index (κ3) is 2.70. The number of nitrogens with two attached hydrogens (primary N) is 1. The van der Waals surface area contributed by atoms with Crippen molar-refractivity contribution in [2.75, 3.05) is 5.73 Å². The van der Waals surface area contributed by atoms with Gasteiger partial charge in [-0.3, -0.25) is 9.89 Å². The molecule has 94 valence electrons. The van der Waals surface area contributed by atoms with Crippen molar-refractivity contribution in [3.05, 3.63) is 45.7 Å². The summed E-state index contributed by atoms with van der Waals surface area (Å²) in [6.45, 7) is 2.36. The monoisotopic (exact) mass is 308 g/mol. The van der Waals surface area contributed by atoms with E-state index in [1.165, 1.54) is 0 Å². The molecule has 0 atom stereocenters. The summed E-state index contributed by atoms with van der Waals surface area (Å²) in [6.07, 6.45) is 1.70. The van der Waals surface area contributed by atoms with Gasteiger partial charge in [0.2, 0.25) is 0 Å². The van der Waals surface area contributed by atoms with Crippen molar-refractivity contribution >= 4 is 27.5 Å². The van der Waals surface area contributed by atoms with Crippen LogP contribution in [0.4, 0.5) is 5.69 Å². The van der Waals surface area contributed by atoms with Crippen LogP contribution in [0.3, 0.4) is 0 Å². The van der Waals surface area contributed by atoms with E-state index in [0.717, 1.165) is 15.7 Å². The van der Waals surface area contributed by atoms with Crippen LogP contribution >= 0.6 is 15.9 Å². The quantitative estimate of drug-likeness (QED) is 0.758. The first kappa shape index (κ1) is 12.6. The molecule has 0 spiro atoms. The number of anilines is 1. The van der Waals surface area contributed by atoms with Gasteiger partial charge in [-0.15, -0.1) is 0 Å². The van der Waals surface area contributed by atoms with Gasteiger partial charge in [-0.2, -0.15) is 5.10 Å². The summed E-state index contributed by atoms with van der Waals surface area (Å²) in [7, 11) is 0. The van der Waals surface area contributed by atoms with Crippen LogP contribution in [0.25, 0.3) is 0 Å². The maximum atomic E-state index is 11.9. The van der Waals surface area contributed by atoms with E-state index in [4.69, 9.17) is 5.73 Å². The number of nitrogens with zero attached hydrogens (tertiary/aromatic N) is 1. The standard InChI is InChI=1S/C12H13BrN4O/c1-7-9(6-16-17-7)5-15-12(18)8-2-3-11(14)10(13)4-8/h2-4,6H,5,14H2,1H3,(H,15,18)(H,16,17). The number of aromatic nitrogens is 2. The van der Waals surface area contributed by atoms with Crippen molar-refractivity contribution in [2.45, 2.75) is 13.5 Å². The lowest BCUT2D eigenvalue weighted by Crippen LogP contribution is -2.23. The number of aromatic amines is 1. The van der Waals surface area contributed by atoms with Gasteiger partial charge in [0.25, 0.3) is 5.91 Å². The number of H-pyrrole nitrogens is 1. The normalized spacial score (nSPS) is 10.3. The van der Waals surface area contributed by atoms with Crippen molar-refractivity contribution in [3.63, 3.8) is 0 Å². The molecule has 2 aromatic rings. The Labute approximate surface area is 113 Å². The number of amides is 1. The molecule has 0 bridgehead atoms. The zero-order chi connectivity index (χ0) is 13.1. The first-order valence-corrected chi connectivity index (χ1v) is 6.19. The molecular formula is C12H13BrN4O. The summed E-state index contributed by atoms with van der Waals surface area (Å²) in [5, 5.41) is 9.55. The van der Waals surface area contributed by atoms with Crippen LogP contribution in [-0.2, 0) is 6.54 Å². The van der Waals surface area contributed by atoms with E-state index in [1.54, 1.807) is 24.4 Å². The van der Waals surface area contributed by atoms with Gasteiger partial charge in [0.1, 0.15) is 0 Å². The Kier molecular flexibility index (Phi) is 3.66. The van der Waals surface area contributed by atoms with Gasteiger partial charge in [-0.05, 0) is 41.1 Å². The molecular weight excluding hydrogens is 296 g/mol. The predicted octanol–water partition coefficient (Wildman–Crippen LogP) is 1.99. The van der Waals surface area contributed by atoms with E-state index in [2.05, 4.69) is 31.4 Å². The second kappa shape index (κ2) is 5.22. The zero-order valence-electron chi connectivity index (χ0n) is 9.83. The molecule has 0 aliphatic rings. The average molecular weight is 309 g/mol. The SMILES string of the molecule is Cc1[nH]ncc1CNC(=O)c1ccc(N)c(Br)c1. The highest BCUT2D eigenvalue weighted by atomic mass is 79.9. The van der Waals surface area contributed by atoms with Gasteiger partial charge >= 0.3 is 0 Å². The summed E-state index contributed by atoms with van der Waals surface area (Å²) in [5.74, 6) is -0.142. The maximum absolute atomic E-state index is 11.9. The summed E-state index contributed by atoms with van der Waals surface area (Å²) < 4.78 is 0.717. The van der Waals surface area contributed by atoms with E-state index in [-0.39, 0.29) is 5.91 Å². The molecule has 0 unspecified atom stereocenters. The van der Waals surface area contributed by atoms with E-state index >= 15 is 0 Å². The highest BCUT2D eigenvalue weighted by Gasteiger charge is 2.08. The molecule has 4 N–H and O–H groups in total. The number of halogens is 1. The van der Waals surface area contributed by atoms with Crippen LogP contribution in [-0.4, -0.2) is 16.1 Å². The van der Waals surface area contributed by atoms with E-state index in [9.17, 15) is 4.79 Å². The largest absolute Gasteiger partial charge is 0.398 e. The number of hydrogen-bond donors (Lipinski definition) is 3. The minimum absolute atomic E-state index is 0.142. The number of benzene rings is 1. The molecule has 0 saturated carbocycles. The number of hydrogen-bond acceptors (Lipinski definition) is 3. The fourth-order valence-electron chi connectivity index (χ4n) is 1.50. The Hall–Kier alpha value is -1.82. The van der Waals surface area contributed by atoms with Gasteiger partial charge in [0, 0.05) is 33.5 Å². The topological polar surface area (TPSA) is 83.8 Å². The molecule has 0 saturated heterocycles. The summed E-state index contributed by atoms with van der Waals surface area (Å²) in [4.78, 5) is 11.9. The fourth-order valence-corrected chi connectivity index (χ4v) is 1.88. The molecule has 0 radical (unpaired) electrons. The Morgan fingerprint density at radius 2 is 2.33 bits per heavy atom. The molecule has 1 heterocycles. The Balaban J connectivity index is 2.04. The van der Waals surface area contributed by atoms with Gasteiger partial charge < -0.3 is 11.1 Å². The fraction of sp³-hybridized carbons (Fsp3) is 0.167. The molecule has 5 nitrogen and oxygen atoms in total. The van der Waals surface area contributed by atoms with Crippen LogP contribution in [0.5, 0.6) is 0 Å². The molecule has 18 heavy (non-hydrogen) atoms. The predicted molar refractivity (Wildman–Crippen MR) is 73.0 cm³/mol. The third-order valence-electron chi connectivity index (χ3n) is 2.64. The number of nitrogen functional groups attached to an aromatic ring is 1. The zero-order valence-corrected chi connectivity index (χ0v) is 11.4. The number of nitrogens with one attached hydrogen (secondary N) is 2. The van der Waals surface area contributed by atoms with E-state index in [0.29, 0.717) is 17.8 Å². The van der Waals surface area contributed by atoms with Crippen LogP contribution < -0.4 is 11.1 Å². The number of carbonyl (C=O) groups is 1. The van der Waals surface area contributed by atoms with Crippen LogP contribution in [0.2, 0.25) is 0 Å². The first-order chi connectivity index (χ1) is 8.58. The van der Waals surface area contributed by atoms with Gasteiger partial charge in [0.05, 0.1) is 6.20 Å². The Morgan fingerprint density at radius 3 is 2.94 bits per heavy atom. The molecule has 0 fully saturated rings. The number of rotatable bonds is 3. The highest BCUT2D eigenvalue weighted by Crippen LogP contribution is 2.20. The lowest BCUT2D eigenvalue weighted by molar-refractivity contribution is 0.0951. The minimum Gasteiger partial charge on any atom is -0.398 e. The molecule has 2 rings (SSSR count). The Morgan fingerprint density at radius 1 is 1.56 bits per heavy atom. The second-order valence-corrected chi connectivity index (χ2v) is 4.79. The van der Waals surface area contributed by atoms with Crippen molar-refractivity contribution in [3.8, 4) is 0 Å². The van der Waals surface area contributed by atoms with E-state index in [1.807, 2.05) is 6.92 Å². The summed E-state index contributed by atoms with van der Waals surface area (Å²) in [5.41, 5.74) is 8.77. The van der Waals surface area contributed by atoms with E-state index < -0.39 is 0 Å². The molecule has 0 aliphatic heterocycles. The number of carbonyl (C=O) groups excluding carboxylic acids is 1. The lowest BCUT2D eigenvalue weighted by atomic mass is 10.2. The van der Waals surface area contributed by atoms with Gasteiger partial charge in [-0.1, -0.05) is 0 Å². The van der Waals surface area contributed by atoms with Crippen molar-refractivity contribution < 1.29 is 4.79 Å². The van der Waals surface area contributed by atoms with Gasteiger partial charge in [0.15, 0.2) is 0 Å². The molecule has 1 aromatic carbocycles. The minimum atomic E-state index is -0.142. The average Bonchev–Trinajstić information content (AvgIpc) is 2.75. The van der Waals surface area contributed by atoms with Crippen LogP contribution in [0, 0.1) is 6.92 Å². The summed E-state index contributed by atoms with van der Waals surface area (Å²) in [6, 6.07) is 5.09. The number of aryl methyl sites for hydroxylation is 1. The molecule has 1 amide bonds. The second-order valence-electron chi connectivity index (χ2n) is 3.94. The maximum Gasteiger partial charge on any atom is 0.251 e. The molecule has 0 aliphatic carbocycles.